The van der Waals surface area contributed by atoms with E-state index in [0.29, 0.717) is 5.33 Å². The van der Waals surface area contributed by atoms with Crippen LogP contribution in [0.25, 0.3) is 0 Å². The smallest absolute Gasteiger partial charge is 0.282 e. The molecule has 0 unspecified atom stereocenters. The Kier molecular flexibility index (Phi) is 4.11. The van der Waals surface area contributed by atoms with Gasteiger partial charge in [-0.25, -0.2) is 8.42 Å². The molecule has 1 aromatic carbocycles. The average molecular weight is 329 g/mol. The first kappa shape index (κ1) is 13.6. The molecule has 0 aromatic heterocycles. The summed E-state index contributed by atoms with van der Waals surface area (Å²) in [6.45, 7) is 0. The molecule has 0 radical (unpaired) electrons. The highest BCUT2D eigenvalue weighted by atomic mass is 79.9. The molecule has 0 saturated heterocycles. The van der Waals surface area contributed by atoms with E-state index in [4.69, 9.17) is 4.55 Å². The molecule has 0 bridgehead atoms. The largest absolute Gasteiger partial charge is 0.294 e. The lowest BCUT2D eigenvalue weighted by Crippen LogP contribution is -2.08. The molecule has 0 fully saturated rings. The quantitative estimate of drug-likeness (QED) is 0.660. The Balaban J connectivity index is 3.15. The van der Waals surface area contributed by atoms with Crippen molar-refractivity contribution in [2.24, 2.45) is 0 Å². The summed E-state index contributed by atoms with van der Waals surface area (Å²) in [6.07, 6.45) is 0. The Bertz CT molecular complexity index is 559. The molecule has 0 aliphatic rings. The predicted molar refractivity (Wildman–Crippen MR) is 62.1 cm³/mol. The van der Waals surface area contributed by atoms with Crippen molar-refractivity contribution in [3.8, 4) is 0 Å². The van der Waals surface area contributed by atoms with E-state index in [9.17, 15) is 16.8 Å². The summed E-state index contributed by atoms with van der Waals surface area (Å²) in [5.74, 6) is -0.0712. The number of sulfone groups is 1. The first-order valence-electron chi connectivity index (χ1n) is 4.13. The van der Waals surface area contributed by atoms with Crippen LogP contribution in [0.5, 0.6) is 0 Å². The molecule has 5 nitrogen and oxygen atoms in total. The van der Waals surface area contributed by atoms with E-state index < -0.39 is 20.0 Å². The van der Waals surface area contributed by atoms with Crippen molar-refractivity contribution in [2.75, 3.05) is 11.1 Å². The average Bonchev–Trinajstić information content (AvgIpc) is 2.16. The van der Waals surface area contributed by atoms with Crippen LogP contribution in [0.3, 0.4) is 0 Å². The van der Waals surface area contributed by atoms with Gasteiger partial charge in [0.05, 0.1) is 15.5 Å². The summed E-state index contributed by atoms with van der Waals surface area (Å²) < 4.78 is 53.2. The standard InChI is InChI=1S/C8H9BrO5S2/c9-5-6-15(10,11)7-1-3-8(4-2-7)16(12,13)14/h1-4H,5-6H2,(H,12,13,14). The predicted octanol–water partition coefficient (Wildman–Crippen LogP) is 1.10. The number of halogens is 1. The Labute approximate surface area is 102 Å². The van der Waals surface area contributed by atoms with Gasteiger partial charge >= 0.3 is 0 Å². The normalized spacial score (nSPS) is 12.6. The van der Waals surface area contributed by atoms with Crippen molar-refractivity contribution >= 4 is 35.9 Å². The lowest BCUT2D eigenvalue weighted by atomic mass is 10.4. The van der Waals surface area contributed by atoms with Gasteiger partial charge in [-0.15, -0.1) is 0 Å². The number of hydrogen-bond donors (Lipinski definition) is 1. The van der Waals surface area contributed by atoms with Gasteiger partial charge in [0.15, 0.2) is 9.84 Å². The van der Waals surface area contributed by atoms with E-state index in [-0.39, 0.29) is 15.5 Å². The second kappa shape index (κ2) is 4.82. The van der Waals surface area contributed by atoms with Crippen molar-refractivity contribution in [3.05, 3.63) is 24.3 Å². The lowest BCUT2D eigenvalue weighted by Gasteiger charge is -2.02. The van der Waals surface area contributed by atoms with Crippen molar-refractivity contribution in [1.82, 2.24) is 0 Å². The third-order valence-corrected chi connectivity index (χ3v) is 5.35. The van der Waals surface area contributed by atoms with Crippen LogP contribution in [0.4, 0.5) is 0 Å². The van der Waals surface area contributed by atoms with Crippen LogP contribution in [-0.4, -0.2) is 32.5 Å². The second-order valence-electron chi connectivity index (χ2n) is 2.95. The third kappa shape index (κ3) is 3.27. The summed E-state index contributed by atoms with van der Waals surface area (Å²) in [7, 11) is -7.68. The first-order valence-corrected chi connectivity index (χ1v) is 8.35. The van der Waals surface area contributed by atoms with Crippen LogP contribution in [0, 0.1) is 0 Å². The van der Waals surface area contributed by atoms with Gasteiger partial charge in [-0.3, -0.25) is 4.55 Å². The van der Waals surface area contributed by atoms with Gasteiger partial charge in [-0.2, -0.15) is 8.42 Å². The summed E-state index contributed by atoms with van der Waals surface area (Å²) in [6, 6.07) is 4.41. The van der Waals surface area contributed by atoms with Gasteiger partial charge in [0.2, 0.25) is 0 Å². The first-order chi connectivity index (χ1) is 7.27. The Hall–Kier alpha value is -0.440. The van der Waals surface area contributed by atoms with Crippen LogP contribution in [0.2, 0.25) is 0 Å². The molecule has 8 heteroatoms. The molecule has 0 atom stereocenters. The summed E-state index contributed by atoms with van der Waals surface area (Å²) >= 11 is 3.01. The topological polar surface area (TPSA) is 88.5 Å². The molecular formula is C8H9BrO5S2. The fourth-order valence-electron chi connectivity index (χ4n) is 1.04. The van der Waals surface area contributed by atoms with Gasteiger partial charge in [-0.1, -0.05) is 15.9 Å². The molecule has 0 amide bonds. The summed E-state index contributed by atoms with van der Waals surface area (Å²) in [5.41, 5.74) is 0. The molecule has 90 valence electrons. The van der Waals surface area contributed by atoms with E-state index >= 15 is 0 Å². The van der Waals surface area contributed by atoms with Crippen molar-refractivity contribution < 1.29 is 21.4 Å². The van der Waals surface area contributed by atoms with Crippen LogP contribution >= 0.6 is 15.9 Å². The second-order valence-corrected chi connectivity index (χ2v) is 7.28. The molecule has 1 rings (SSSR count). The van der Waals surface area contributed by atoms with Gasteiger partial charge in [0.25, 0.3) is 10.1 Å². The number of benzene rings is 1. The molecule has 16 heavy (non-hydrogen) atoms. The summed E-state index contributed by atoms with van der Waals surface area (Å²) in [5, 5.41) is 0.301. The highest BCUT2D eigenvalue weighted by Gasteiger charge is 2.15. The number of alkyl halides is 1. The fourth-order valence-corrected chi connectivity index (χ4v) is 3.79. The van der Waals surface area contributed by atoms with E-state index in [2.05, 4.69) is 15.9 Å². The molecule has 0 aliphatic heterocycles. The molecule has 0 saturated carbocycles. The fraction of sp³-hybridized carbons (Fsp3) is 0.250. The number of hydrogen-bond acceptors (Lipinski definition) is 4. The molecule has 0 aliphatic carbocycles. The zero-order chi connectivity index (χ0) is 12.4. The Morgan fingerprint density at radius 3 is 1.81 bits per heavy atom. The zero-order valence-corrected chi connectivity index (χ0v) is 11.2. The van der Waals surface area contributed by atoms with Crippen LogP contribution in [0.1, 0.15) is 0 Å². The number of rotatable bonds is 4. The monoisotopic (exact) mass is 328 g/mol. The minimum Gasteiger partial charge on any atom is -0.282 e. The van der Waals surface area contributed by atoms with Gasteiger partial charge < -0.3 is 0 Å². The van der Waals surface area contributed by atoms with E-state index in [0.717, 1.165) is 24.3 Å². The highest BCUT2D eigenvalue weighted by molar-refractivity contribution is 9.09. The molecule has 1 aromatic rings. The third-order valence-electron chi connectivity index (χ3n) is 1.83. The minimum absolute atomic E-state index is 0.0272. The van der Waals surface area contributed by atoms with Crippen LogP contribution < -0.4 is 0 Å². The molecule has 0 heterocycles. The van der Waals surface area contributed by atoms with Crippen molar-refractivity contribution in [3.63, 3.8) is 0 Å². The molecule has 0 spiro atoms. The van der Waals surface area contributed by atoms with E-state index in [1.807, 2.05) is 0 Å². The van der Waals surface area contributed by atoms with Gasteiger partial charge in [0.1, 0.15) is 0 Å². The summed E-state index contributed by atoms with van der Waals surface area (Å²) in [4.78, 5) is -0.301. The Morgan fingerprint density at radius 2 is 1.44 bits per heavy atom. The maximum atomic E-state index is 11.6. The van der Waals surface area contributed by atoms with Gasteiger partial charge in [0, 0.05) is 5.33 Å². The van der Waals surface area contributed by atoms with Gasteiger partial charge in [-0.05, 0) is 24.3 Å². The molecular weight excluding hydrogens is 320 g/mol. The van der Waals surface area contributed by atoms with Crippen LogP contribution in [0.15, 0.2) is 34.1 Å². The SMILES string of the molecule is O=S(=O)(O)c1ccc(S(=O)(=O)CCBr)cc1. The van der Waals surface area contributed by atoms with Crippen molar-refractivity contribution in [1.29, 1.82) is 0 Å². The van der Waals surface area contributed by atoms with E-state index in [1.54, 1.807) is 0 Å². The van der Waals surface area contributed by atoms with E-state index in [1.165, 1.54) is 0 Å². The molecule has 1 N–H and O–H groups in total. The maximum absolute atomic E-state index is 11.6. The minimum atomic E-state index is -4.28. The highest BCUT2D eigenvalue weighted by Crippen LogP contribution is 2.15. The zero-order valence-electron chi connectivity index (χ0n) is 8.00. The lowest BCUT2D eigenvalue weighted by molar-refractivity contribution is 0.483. The van der Waals surface area contributed by atoms with Crippen molar-refractivity contribution in [2.45, 2.75) is 9.79 Å². The Morgan fingerprint density at radius 1 is 1.00 bits per heavy atom. The van der Waals surface area contributed by atoms with Crippen LogP contribution in [-0.2, 0) is 20.0 Å². The maximum Gasteiger partial charge on any atom is 0.294 e.